The highest BCUT2D eigenvalue weighted by Gasteiger charge is 2.19. The van der Waals surface area contributed by atoms with E-state index in [1.807, 2.05) is 49.6 Å². The van der Waals surface area contributed by atoms with Crippen molar-refractivity contribution in [3.8, 4) is 11.5 Å². The van der Waals surface area contributed by atoms with Gasteiger partial charge in [-0.3, -0.25) is 19.1 Å². The number of ether oxygens (including phenoxy) is 2. The van der Waals surface area contributed by atoms with Crippen LogP contribution in [0.5, 0.6) is 11.5 Å². The first-order chi connectivity index (χ1) is 16.8. The third-order valence-corrected chi connectivity index (χ3v) is 5.58. The number of aromatic nitrogens is 4. The van der Waals surface area contributed by atoms with Crippen molar-refractivity contribution in [3.05, 3.63) is 50.9 Å². The normalized spacial score (nSPS) is 11.2. The summed E-state index contributed by atoms with van der Waals surface area (Å²) < 4.78 is 14.1. The molecule has 3 rings (SSSR count). The Morgan fingerprint density at radius 1 is 1.14 bits per heavy atom. The number of nitrogens with zero attached hydrogens (tertiary/aromatic N) is 3. The predicted octanol–water partition coefficient (Wildman–Crippen LogP) is 2.48. The van der Waals surface area contributed by atoms with E-state index in [4.69, 9.17) is 9.47 Å². The summed E-state index contributed by atoms with van der Waals surface area (Å²) >= 11 is 0. The zero-order valence-electron chi connectivity index (χ0n) is 20.9. The number of carbonyl (C=O) groups excluding carboxylic acids is 1. The summed E-state index contributed by atoms with van der Waals surface area (Å²) in [5.74, 6) is 2.19. The highest BCUT2D eigenvalue weighted by Crippen LogP contribution is 2.17. The van der Waals surface area contributed by atoms with E-state index >= 15 is 0 Å². The molecular weight excluding hydrogens is 450 g/mol. The van der Waals surface area contributed by atoms with Crippen molar-refractivity contribution in [1.82, 2.24) is 24.4 Å². The van der Waals surface area contributed by atoms with Crippen LogP contribution in [0.15, 0.2) is 33.9 Å². The summed E-state index contributed by atoms with van der Waals surface area (Å²) in [5, 5.41) is 2.85. The second kappa shape index (κ2) is 12.2. The number of nitrogens with one attached hydrogen (secondary N) is 2. The van der Waals surface area contributed by atoms with Gasteiger partial charge >= 0.3 is 5.69 Å². The molecule has 2 aromatic heterocycles. The van der Waals surface area contributed by atoms with Crippen LogP contribution in [0.1, 0.15) is 45.9 Å². The summed E-state index contributed by atoms with van der Waals surface area (Å²) in [7, 11) is 1.60. The average Bonchev–Trinajstić information content (AvgIpc) is 3.18. The second-order valence-corrected chi connectivity index (χ2v) is 8.84. The molecule has 3 aromatic rings. The molecule has 2 heterocycles. The van der Waals surface area contributed by atoms with E-state index < -0.39 is 11.2 Å². The van der Waals surface area contributed by atoms with Gasteiger partial charge in [-0.25, -0.2) is 9.78 Å². The number of fused-ring (bicyclic) bond motifs is 1. The molecule has 0 bridgehead atoms. The minimum Gasteiger partial charge on any atom is -0.497 e. The first-order valence-corrected chi connectivity index (χ1v) is 12.1. The number of rotatable bonds is 13. The van der Waals surface area contributed by atoms with Gasteiger partial charge in [0, 0.05) is 25.9 Å². The lowest BCUT2D eigenvalue weighted by Gasteiger charge is -2.12. The van der Waals surface area contributed by atoms with Crippen LogP contribution in [0.4, 0.5) is 0 Å². The summed E-state index contributed by atoms with van der Waals surface area (Å²) in [6, 6.07) is 7.23. The van der Waals surface area contributed by atoms with Gasteiger partial charge in [-0.15, -0.1) is 0 Å². The van der Waals surface area contributed by atoms with Gasteiger partial charge in [-0.2, -0.15) is 0 Å². The molecule has 0 unspecified atom stereocenters. The first-order valence-electron chi connectivity index (χ1n) is 12.1. The van der Waals surface area contributed by atoms with Crippen LogP contribution in [0, 0.1) is 5.92 Å². The zero-order valence-corrected chi connectivity index (χ0v) is 20.9. The molecule has 35 heavy (non-hydrogen) atoms. The lowest BCUT2D eigenvalue weighted by atomic mass is 10.2. The fraction of sp³-hybridized carbons (Fsp3) is 0.520. The molecule has 0 atom stereocenters. The Morgan fingerprint density at radius 2 is 1.86 bits per heavy atom. The highest BCUT2D eigenvalue weighted by molar-refractivity contribution is 5.76. The number of hydrogen-bond donors (Lipinski definition) is 2. The van der Waals surface area contributed by atoms with E-state index in [0.717, 1.165) is 18.6 Å². The Kier molecular flexibility index (Phi) is 9.11. The minimum atomic E-state index is -0.453. The molecule has 0 spiro atoms. The average molecular weight is 486 g/mol. The molecule has 0 aliphatic heterocycles. The molecular formula is C25H35N5O5. The monoisotopic (exact) mass is 485 g/mol. The van der Waals surface area contributed by atoms with Crippen LogP contribution in [0.2, 0.25) is 0 Å². The molecule has 10 heteroatoms. The molecule has 0 saturated heterocycles. The largest absolute Gasteiger partial charge is 0.497 e. The SMILES string of the molecule is CCCCn1c(=O)[nH]c(=O)c2c1nc(CCC(=O)NCCOc1ccc(OC)cc1)n2CC(C)C. The van der Waals surface area contributed by atoms with E-state index in [-0.39, 0.29) is 18.2 Å². The number of unbranched alkanes of at least 4 members (excludes halogenated alkanes) is 1. The fourth-order valence-electron chi connectivity index (χ4n) is 3.84. The van der Waals surface area contributed by atoms with E-state index in [1.165, 1.54) is 4.57 Å². The molecule has 0 aliphatic rings. The Hall–Kier alpha value is -3.56. The van der Waals surface area contributed by atoms with Gasteiger partial charge in [0.1, 0.15) is 23.9 Å². The van der Waals surface area contributed by atoms with Crippen molar-refractivity contribution in [2.45, 2.75) is 59.5 Å². The number of amides is 1. The predicted molar refractivity (Wildman–Crippen MR) is 134 cm³/mol. The second-order valence-electron chi connectivity index (χ2n) is 8.84. The highest BCUT2D eigenvalue weighted by atomic mass is 16.5. The first kappa shape index (κ1) is 26.1. The Labute approximate surface area is 204 Å². The standard InChI is InChI=1S/C25H35N5O5/c1-5-6-14-29-23-22(24(32)28-25(29)33)30(16-17(2)3)20(27-23)11-12-21(31)26-13-15-35-19-9-7-18(34-4)8-10-19/h7-10,17H,5-6,11-16H2,1-4H3,(H,26,31)(H,28,32,33). The summed E-state index contributed by atoms with van der Waals surface area (Å²) in [6.45, 7) is 7.89. The van der Waals surface area contributed by atoms with Crippen LogP contribution in [0.3, 0.4) is 0 Å². The molecule has 190 valence electrons. The molecule has 1 amide bonds. The number of aromatic amines is 1. The molecule has 0 saturated carbocycles. The molecule has 1 aromatic carbocycles. The van der Waals surface area contributed by atoms with Gasteiger partial charge in [0.05, 0.1) is 13.7 Å². The minimum absolute atomic E-state index is 0.135. The number of carbonyl (C=O) groups is 1. The number of aryl methyl sites for hydroxylation is 2. The van der Waals surface area contributed by atoms with Crippen molar-refractivity contribution < 1.29 is 14.3 Å². The van der Waals surface area contributed by atoms with Crippen molar-refractivity contribution >= 4 is 17.1 Å². The lowest BCUT2D eigenvalue weighted by molar-refractivity contribution is -0.121. The van der Waals surface area contributed by atoms with Gasteiger partial charge in [0.15, 0.2) is 11.2 Å². The number of benzene rings is 1. The van der Waals surface area contributed by atoms with Gasteiger partial charge in [0.2, 0.25) is 5.91 Å². The van der Waals surface area contributed by atoms with Crippen LogP contribution < -0.4 is 26.0 Å². The molecule has 0 aliphatic carbocycles. The van der Waals surface area contributed by atoms with Crippen molar-refractivity contribution in [1.29, 1.82) is 0 Å². The van der Waals surface area contributed by atoms with Gasteiger partial charge in [-0.1, -0.05) is 27.2 Å². The van der Waals surface area contributed by atoms with Crippen LogP contribution in [0.25, 0.3) is 11.2 Å². The van der Waals surface area contributed by atoms with Crippen molar-refractivity contribution in [2.24, 2.45) is 5.92 Å². The number of imidazole rings is 1. The maximum absolute atomic E-state index is 12.7. The smallest absolute Gasteiger partial charge is 0.330 e. The maximum Gasteiger partial charge on any atom is 0.330 e. The molecule has 0 fully saturated rings. The Morgan fingerprint density at radius 3 is 2.51 bits per heavy atom. The molecule has 2 N–H and O–H groups in total. The van der Waals surface area contributed by atoms with E-state index in [0.29, 0.717) is 55.4 Å². The van der Waals surface area contributed by atoms with Gasteiger partial charge in [-0.05, 0) is 36.6 Å². The summed E-state index contributed by atoms with van der Waals surface area (Å²) in [5.41, 5.74) is -0.127. The van der Waals surface area contributed by atoms with Crippen LogP contribution in [-0.2, 0) is 24.3 Å². The van der Waals surface area contributed by atoms with Crippen LogP contribution in [-0.4, -0.2) is 45.3 Å². The molecule has 0 radical (unpaired) electrons. The number of H-pyrrole nitrogens is 1. The summed E-state index contributed by atoms with van der Waals surface area (Å²) in [6.07, 6.45) is 2.28. The van der Waals surface area contributed by atoms with Crippen LogP contribution >= 0.6 is 0 Å². The van der Waals surface area contributed by atoms with Crippen molar-refractivity contribution in [3.63, 3.8) is 0 Å². The Balaban J connectivity index is 1.66. The number of methoxy groups -OCH3 is 1. The molecule has 10 nitrogen and oxygen atoms in total. The summed E-state index contributed by atoms with van der Waals surface area (Å²) in [4.78, 5) is 44.6. The van der Waals surface area contributed by atoms with E-state index in [2.05, 4.69) is 15.3 Å². The Bertz CT molecular complexity index is 1240. The topological polar surface area (TPSA) is 120 Å². The third kappa shape index (κ3) is 6.74. The van der Waals surface area contributed by atoms with Crippen molar-refractivity contribution in [2.75, 3.05) is 20.3 Å². The lowest BCUT2D eigenvalue weighted by Crippen LogP contribution is -2.31. The van der Waals surface area contributed by atoms with E-state index in [1.54, 1.807) is 7.11 Å². The third-order valence-electron chi connectivity index (χ3n) is 5.58. The van der Waals surface area contributed by atoms with Gasteiger partial charge in [0.25, 0.3) is 5.56 Å². The zero-order chi connectivity index (χ0) is 25.4. The maximum atomic E-state index is 12.7. The quantitative estimate of drug-likeness (QED) is 0.359. The number of hydrogen-bond acceptors (Lipinski definition) is 6. The van der Waals surface area contributed by atoms with Gasteiger partial charge < -0.3 is 19.4 Å². The fourth-order valence-corrected chi connectivity index (χ4v) is 3.84. The van der Waals surface area contributed by atoms with E-state index in [9.17, 15) is 14.4 Å².